The number of amides is 3. The van der Waals surface area contributed by atoms with Crippen molar-refractivity contribution in [2.45, 2.75) is 12.8 Å². The molecule has 0 radical (unpaired) electrons. The van der Waals surface area contributed by atoms with Crippen LogP contribution in [0.25, 0.3) is 11.3 Å². The van der Waals surface area contributed by atoms with Crippen molar-refractivity contribution >= 4 is 34.9 Å². The lowest BCUT2D eigenvalue weighted by Gasteiger charge is -2.26. The first kappa shape index (κ1) is 22.5. The van der Waals surface area contributed by atoms with E-state index in [0.717, 1.165) is 12.8 Å². The van der Waals surface area contributed by atoms with Crippen LogP contribution >= 0.6 is 0 Å². The lowest BCUT2D eigenvalue weighted by Crippen LogP contribution is -2.41. The van der Waals surface area contributed by atoms with Gasteiger partial charge >= 0.3 is 0 Å². The lowest BCUT2D eigenvalue weighted by atomic mass is 10.1. The number of methoxy groups -OCH3 is 1. The Kier molecular flexibility index (Phi) is 6.38. The molecule has 39 heavy (non-hydrogen) atoms. The summed E-state index contributed by atoms with van der Waals surface area (Å²) in [6.45, 7) is -0.839. The Hall–Kier alpha value is -4.52. The van der Waals surface area contributed by atoms with Gasteiger partial charge in [-0.3, -0.25) is 19.1 Å². The number of nitrogens with zero attached hydrogens (tertiary/aromatic N) is 5. The number of rotatable bonds is 8. The van der Waals surface area contributed by atoms with Gasteiger partial charge in [-0.05, 0) is 31.0 Å². The Labute approximate surface area is 229 Å². The number of hydrogen-bond donors (Lipinski definition) is 3. The summed E-state index contributed by atoms with van der Waals surface area (Å²) in [7, 11) is 3.14. The van der Waals surface area contributed by atoms with E-state index >= 15 is 0 Å². The minimum atomic E-state index is -2.76. The summed E-state index contributed by atoms with van der Waals surface area (Å²) in [4.78, 5) is 40.0. The molecule has 1 aliphatic heterocycles. The van der Waals surface area contributed by atoms with E-state index in [4.69, 9.17) is 13.6 Å². The Bertz CT molecular complexity index is 1520. The van der Waals surface area contributed by atoms with E-state index in [1.54, 1.807) is 36.2 Å². The van der Waals surface area contributed by atoms with Crippen molar-refractivity contribution in [2.24, 2.45) is 13.0 Å². The highest BCUT2D eigenvalue weighted by molar-refractivity contribution is 6.00. The van der Waals surface area contributed by atoms with E-state index in [0.29, 0.717) is 54.7 Å². The third-order valence-corrected chi connectivity index (χ3v) is 6.48. The molecule has 1 saturated heterocycles. The molecule has 1 aliphatic carbocycles. The molecule has 0 unspecified atom stereocenters. The highest BCUT2D eigenvalue weighted by atomic mass is 16.5. The molecule has 5 rings (SSSR count). The number of aryl methyl sites for hydroxylation is 1. The molecular formula is C26H30N8O5. The van der Waals surface area contributed by atoms with Crippen molar-refractivity contribution in [3.63, 3.8) is 0 Å². The molecule has 13 heteroatoms. The second-order valence-electron chi connectivity index (χ2n) is 9.16. The summed E-state index contributed by atoms with van der Waals surface area (Å²) in [5, 5.41) is 20.0. The molecule has 1 saturated carbocycles. The van der Waals surface area contributed by atoms with Gasteiger partial charge in [0.15, 0.2) is 17.3 Å². The van der Waals surface area contributed by atoms with E-state index in [1.807, 2.05) is 5.32 Å². The van der Waals surface area contributed by atoms with Crippen molar-refractivity contribution in [1.82, 2.24) is 30.2 Å². The second-order valence-corrected chi connectivity index (χ2v) is 9.16. The first-order valence-electron chi connectivity index (χ1n) is 13.9. The van der Waals surface area contributed by atoms with Gasteiger partial charge in [0, 0.05) is 48.8 Å². The van der Waals surface area contributed by atoms with Crippen LogP contribution in [-0.2, 0) is 16.6 Å². The van der Waals surface area contributed by atoms with E-state index < -0.39 is 12.9 Å². The van der Waals surface area contributed by atoms with E-state index in [9.17, 15) is 14.4 Å². The first-order valence-corrected chi connectivity index (χ1v) is 12.4. The number of para-hydroxylation sites is 1. The number of carbonyl (C=O) groups is 3. The Balaban J connectivity index is 1.48. The van der Waals surface area contributed by atoms with Crippen LogP contribution < -0.4 is 20.7 Å². The zero-order valence-corrected chi connectivity index (χ0v) is 21.5. The van der Waals surface area contributed by atoms with E-state index in [-0.39, 0.29) is 34.9 Å². The SMILES string of the molecule is [2H]C([2H])([2H])NC(=O)c1nnc(NC(=O)C2CC2)cc1Nc1cccc(-c2cc(C(=O)N3CCOCC3)n(C)n2)c1OC. The van der Waals surface area contributed by atoms with Crippen LogP contribution in [-0.4, -0.2) is 83.0 Å². The lowest BCUT2D eigenvalue weighted by molar-refractivity contribution is -0.117. The van der Waals surface area contributed by atoms with Gasteiger partial charge in [-0.15, -0.1) is 10.2 Å². The molecular weight excluding hydrogens is 504 g/mol. The van der Waals surface area contributed by atoms with Crippen LogP contribution in [0.5, 0.6) is 5.75 Å². The summed E-state index contributed by atoms with van der Waals surface area (Å²) >= 11 is 0. The molecule has 0 atom stereocenters. The van der Waals surface area contributed by atoms with E-state index in [2.05, 4.69) is 25.9 Å². The number of ether oxygens (including phenoxy) is 2. The van der Waals surface area contributed by atoms with Gasteiger partial charge in [0.2, 0.25) is 5.91 Å². The van der Waals surface area contributed by atoms with Gasteiger partial charge in [0.25, 0.3) is 11.8 Å². The molecule has 2 aromatic heterocycles. The standard InChI is InChI=1S/C26H30N8O5/c1-27-25(36)22-19(14-21(30-31-22)29-24(35)15-7-8-15)28-17-6-4-5-16(23(17)38-3)18-13-20(33(2)32-18)26(37)34-9-11-39-12-10-34/h4-6,13-15H,7-12H2,1-3H3,(H,27,36)(H2,28,29,30,35)/i1D3. The van der Waals surface area contributed by atoms with Crippen LogP contribution in [0, 0.1) is 5.92 Å². The summed E-state index contributed by atoms with van der Waals surface area (Å²) < 4.78 is 34.8. The quantitative estimate of drug-likeness (QED) is 0.390. The fourth-order valence-electron chi connectivity index (χ4n) is 4.28. The van der Waals surface area contributed by atoms with Crippen LogP contribution in [0.3, 0.4) is 0 Å². The third kappa shape index (κ3) is 5.53. The molecule has 2 fully saturated rings. The summed E-state index contributed by atoms with van der Waals surface area (Å²) in [5.74, 6) is -1.05. The third-order valence-electron chi connectivity index (χ3n) is 6.48. The van der Waals surface area contributed by atoms with Crippen molar-refractivity contribution < 1.29 is 28.0 Å². The molecule has 3 amide bonds. The second kappa shape index (κ2) is 11.1. The molecule has 1 aromatic carbocycles. The van der Waals surface area contributed by atoms with Gasteiger partial charge in [0.1, 0.15) is 5.69 Å². The number of anilines is 3. The molecule has 204 valence electrons. The number of benzene rings is 1. The zero-order valence-electron chi connectivity index (χ0n) is 24.5. The molecule has 3 N–H and O–H groups in total. The number of nitrogens with one attached hydrogen (secondary N) is 3. The first-order chi connectivity index (χ1) is 20.0. The molecule has 3 heterocycles. The summed E-state index contributed by atoms with van der Waals surface area (Å²) in [6.07, 6.45) is 1.56. The maximum absolute atomic E-state index is 13.1. The topological polar surface area (TPSA) is 153 Å². The maximum Gasteiger partial charge on any atom is 0.273 e. The average Bonchev–Trinajstić information content (AvgIpc) is 3.74. The maximum atomic E-state index is 13.1. The van der Waals surface area contributed by atoms with Crippen molar-refractivity contribution in [1.29, 1.82) is 0 Å². The highest BCUT2D eigenvalue weighted by Gasteiger charge is 2.30. The smallest absolute Gasteiger partial charge is 0.273 e. The summed E-state index contributed by atoms with van der Waals surface area (Å²) in [6, 6.07) is 8.25. The van der Waals surface area contributed by atoms with Gasteiger partial charge in [-0.2, -0.15) is 5.10 Å². The summed E-state index contributed by atoms with van der Waals surface area (Å²) in [5.41, 5.74) is 1.58. The minimum absolute atomic E-state index is 0.0810. The molecule has 13 nitrogen and oxygen atoms in total. The van der Waals surface area contributed by atoms with E-state index in [1.165, 1.54) is 17.9 Å². The predicted molar refractivity (Wildman–Crippen MR) is 142 cm³/mol. The monoisotopic (exact) mass is 537 g/mol. The molecule has 0 spiro atoms. The van der Waals surface area contributed by atoms with Gasteiger partial charge < -0.3 is 30.3 Å². The van der Waals surface area contributed by atoms with Crippen molar-refractivity contribution in [3.05, 3.63) is 41.7 Å². The predicted octanol–water partition coefficient (Wildman–Crippen LogP) is 1.81. The van der Waals surface area contributed by atoms with Gasteiger partial charge in [-0.25, -0.2) is 0 Å². The number of morpholine rings is 1. The number of aromatic nitrogens is 4. The fourth-order valence-corrected chi connectivity index (χ4v) is 4.28. The largest absolute Gasteiger partial charge is 0.494 e. The molecule has 3 aromatic rings. The Morgan fingerprint density at radius 3 is 2.64 bits per heavy atom. The fraction of sp³-hybridized carbons (Fsp3) is 0.385. The van der Waals surface area contributed by atoms with Gasteiger partial charge in [0.05, 0.1) is 37.4 Å². The van der Waals surface area contributed by atoms with Crippen LogP contribution in [0.4, 0.5) is 17.2 Å². The Morgan fingerprint density at radius 1 is 1.13 bits per heavy atom. The van der Waals surface area contributed by atoms with Crippen molar-refractivity contribution in [2.75, 3.05) is 51.0 Å². The van der Waals surface area contributed by atoms with Crippen LogP contribution in [0.2, 0.25) is 0 Å². The normalized spacial score (nSPS) is 16.5. The zero-order chi connectivity index (χ0) is 30.0. The molecule has 2 aliphatic rings. The number of carbonyl (C=O) groups excluding carboxylic acids is 3. The van der Waals surface area contributed by atoms with Crippen LogP contribution in [0.15, 0.2) is 30.3 Å². The molecule has 0 bridgehead atoms. The average molecular weight is 538 g/mol. The Morgan fingerprint density at radius 2 is 1.92 bits per heavy atom. The minimum Gasteiger partial charge on any atom is -0.494 e. The number of hydrogen-bond acceptors (Lipinski definition) is 9. The van der Waals surface area contributed by atoms with Crippen LogP contribution in [0.1, 0.15) is 37.9 Å². The van der Waals surface area contributed by atoms with Crippen molar-refractivity contribution in [3.8, 4) is 17.0 Å². The van der Waals surface area contributed by atoms with Gasteiger partial charge in [-0.1, -0.05) is 6.07 Å². The highest BCUT2D eigenvalue weighted by Crippen LogP contribution is 2.38.